The summed E-state index contributed by atoms with van der Waals surface area (Å²) in [5.74, 6) is -0.399. The van der Waals surface area contributed by atoms with E-state index in [9.17, 15) is 9.36 Å². The molecule has 0 aromatic heterocycles. The number of carbonyl (C=O) groups excluding carboxylic acids is 1. The lowest BCUT2D eigenvalue weighted by Crippen LogP contribution is -2.13. The van der Waals surface area contributed by atoms with E-state index in [0.29, 0.717) is 5.30 Å². The van der Waals surface area contributed by atoms with Crippen molar-refractivity contribution in [2.75, 3.05) is 13.7 Å². The van der Waals surface area contributed by atoms with E-state index in [2.05, 4.69) is 4.74 Å². The average Bonchev–Trinajstić information content (AvgIpc) is 2.67. The SMILES string of the molecule is CCOP1(=O)OC(CC(=O)OC)c2ccc(C)c(C)c21. The molecule has 0 N–H and O–H groups in total. The van der Waals surface area contributed by atoms with Crippen LogP contribution in [0.3, 0.4) is 0 Å². The second kappa shape index (κ2) is 5.68. The van der Waals surface area contributed by atoms with Crippen LogP contribution in [0.15, 0.2) is 12.1 Å². The van der Waals surface area contributed by atoms with Crippen LogP contribution in [-0.4, -0.2) is 19.7 Å². The van der Waals surface area contributed by atoms with Gasteiger partial charge in [0.2, 0.25) is 0 Å². The van der Waals surface area contributed by atoms with Crippen LogP contribution in [-0.2, 0) is 23.1 Å². The summed E-state index contributed by atoms with van der Waals surface area (Å²) in [7, 11) is -2.04. The summed E-state index contributed by atoms with van der Waals surface area (Å²) in [4.78, 5) is 11.5. The van der Waals surface area contributed by atoms with Gasteiger partial charge in [-0.1, -0.05) is 12.1 Å². The zero-order chi connectivity index (χ0) is 14.9. The highest BCUT2D eigenvalue weighted by molar-refractivity contribution is 7.62. The first-order valence-corrected chi connectivity index (χ1v) is 8.07. The van der Waals surface area contributed by atoms with Crippen LogP contribution in [0.2, 0.25) is 0 Å². The number of benzene rings is 1. The first kappa shape index (κ1) is 15.2. The Morgan fingerprint density at radius 3 is 2.70 bits per heavy atom. The number of hydrogen-bond acceptors (Lipinski definition) is 5. The van der Waals surface area contributed by atoms with Crippen LogP contribution in [0.1, 0.15) is 36.1 Å². The summed E-state index contributed by atoms with van der Waals surface area (Å²) in [6.07, 6.45) is -0.544. The molecule has 0 amide bonds. The molecule has 110 valence electrons. The molecule has 20 heavy (non-hydrogen) atoms. The zero-order valence-electron chi connectivity index (χ0n) is 12.1. The maximum Gasteiger partial charge on any atom is 0.362 e. The molecule has 2 unspecified atom stereocenters. The van der Waals surface area contributed by atoms with Gasteiger partial charge in [0, 0.05) is 0 Å². The lowest BCUT2D eigenvalue weighted by atomic mass is 10.0. The highest BCUT2D eigenvalue weighted by atomic mass is 31.2. The van der Waals surface area contributed by atoms with Crippen molar-refractivity contribution >= 4 is 18.9 Å². The second-order valence-corrected chi connectivity index (χ2v) is 6.65. The summed E-state index contributed by atoms with van der Waals surface area (Å²) in [5.41, 5.74) is 2.67. The number of methoxy groups -OCH3 is 1. The molecule has 6 heteroatoms. The van der Waals surface area contributed by atoms with Gasteiger partial charge in [0.25, 0.3) is 0 Å². The van der Waals surface area contributed by atoms with Gasteiger partial charge >= 0.3 is 13.6 Å². The third-order valence-corrected chi connectivity index (χ3v) is 5.77. The topological polar surface area (TPSA) is 61.8 Å². The Kier molecular flexibility index (Phi) is 4.33. The van der Waals surface area contributed by atoms with Crippen LogP contribution in [0.5, 0.6) is 0 Å². The van der Waals surface area contributed by atoms with E-state index in [1.807, 2.05) is 26.0 Å². The third-order valence-electron chi connectivity index (χ3n) is 3.50. The molecular weight excluding hydrogens is 279 g/mol. The molecule has 5 nitrogen and oxygen atoms in total. The third kappa shape index (κ3) is 2.53. The van der Waals surface area contributed by atoms with Crippen molar-refractivity contribution in [3.63, 3.8) is 0 Å². The van der Waals surface area contributed by atoms with Crippen LogP contribution >= 0.6 is 7.60 Å². The fourth-order valence-corrected chi connectivity index (χ4v) is 4.65. The molecule has 2 rings (SSSR count). The van der Waals surface area contributed by atoms with Gasteiger partial charge in [-0.25, -0.2) is 0 Å². The molecule has 0 spiro atoms. The predicted molar refractivity (Wildman–Crippen MR) is 75.2 cm³/mol. The van der Waals surface area contributed by atoms with Gasteiger partial charge in [-0.2, -0.15) is 0 Å². The van der Waals surface area contributed by atoms with Crippen LogP contribution < -0.4 is 5.30 Å². The van der Waals surface area contributed by atoms with Gasteiger partial charge in [-0.05, 0) is 37.5 Å². The molecule has 0 saturated carbocycles. The maximum absolute atomic E-state index is 12.9. The lowest BCUT2D eigenvalue weighted by Gasteiger charge is -2.14. The number of aryl methyl sites for hydroxylation is 1. The van der Waals surface area contributed by atoms with Gasteiger partial charge in [0.15, 0.2) is 0 Å². The first-order chi connectivity index (χ1) is 9.42. The van der Waals surface area contributed by atoms with Crippen LogP contribution in [0.25, 0.3) is 0 Å². The van der Waals surface area contributed by atoms with Crippen molar-refractivity contribution in [2.45, 2.75) is 33.3 Å². The largest absolute Gasteiger partial charge is 0.469 e. The Balaban J connectivity index is 2.49. The normalized spacial score (nSPS) is 24.5. The Morgan fingerprint density at radius 1 is 1.40 bits per heavy atom. The van der Waals surface area contributed by atoms with Gasteiger partial charge in [-0.3, -0.25) is 13.9 Å². The predicted octanol–water partition coefficient (Wildman–Crippen LogP) is 2.79. The minimum Gasteiger partial charge on any atom is -0.469 e. The number of carbonyl (C=O) groups is 1. The quantitative estimate of drug-likeness (QED) is 0.632. The highest BCUT2D eigenvalue weighted by Crippen LogP contribution is 2.59. The van der Waals surface area contributed by atoms with Gasteiger partial charge < -0.3 is 9.26 Å². The molecule has 0 saturated heterocycles. The van der Waals surface area contributed by atoms with E-state index < -0.39 is 19.7 Å². The molecule has 1 aliphatic heterocycles. The van der Waals surface area contributed by atoms with Crippen molar-refractivity contribution < 1.29 is 23.1 Å². The molecule has 1 aliphatic rings. The van der Waals surface area contributed by atoms with Crippen molar-refractivity contribution in [2.24, 2.45) is 0 Å². The summed E-state index contributed by atoms with van der Waals surface area (Å²) in [5, 5.41) is 0.605. The number of hydrogen-bond donors (Lipinski definition) is 0. The molecule has 1 heterocycles. The smallest absolute Gasteiger partial charge is 0.362 e. The summed E-state index contributed by atoms with van der Waals surface area (Å²) in [6.45, 7) is 5.89. The average molecular weight is 298 g/mol. The van der Waals surface area contributed by atoms with Crippen LogP contribution in [0, 0.1) is 13.8 Å². The van der Waals surface area contributed by atoms with Crippen molar-refractivity contribution in [3.05, 3.63) is 28.8 Å². The van der Waals surface area contributed by atoms with E-state index in [1.165, 1.54) is 7.11 Å². The van der Waals surface area contributed by atoms with E-state index >= 15 is 0 Å². The van der Waals surface area contributed by atoms with Gasteiger partial charge in [0.05, 0.1) is 25.4 Å². The van der Waals surface area contributed by atoms with Crippen molar-refractivity contribution in [1.82, 2.24) is 0 Å². The Labute approximate surface area is 118 Å². The van der Waals surface area contributed by atoms with E-state index in [-0.39, 0.29) is 13.0 Å². The summed E-state index contributed by atoms with van der Waals surface area (Å²) in [6, 6.07) is 3.79. The molecular formula is C14H19O5P. The number of esters is 1. The van der Waals surface area contributed by atoms with E-state index in [4.69, 9.17) is 9.05 Å². The molecule has 0 radical (unpaired) electrons. The molecule has 2 atom stereocenters. The minimum atomic E-state index is -3.36. The summed E-state index contributed by atoms with van der Waals surface area (Å²) < 4.78 is 28.5. The fraction of sp³-hybridized carbons (Fsp3) is 0.500. The molecule has 1 aromatic carbocycles. The van der Waals surface area contributed by atoms with Crippen LogP contribution in [0.4, 0.5) is 0 Å². The number of ether oxygens (including phenoxy) is 1. The minimum absolute atomic E-state index is 0.0308. The Morgan fingerprint density at radius 2 is 2.10 bits per heavy atom. The van der Waals surface area contributed by atoms with Crippen molar-refractivity contribution in [3.8, 4) is 0 Å². The molecule has 0 aliphatic carbocycles. The highest BCUT2D eigenvalue weighted by Gasteiger charge is 2.44. The van der Waals surface area contributed by atoms with Gasteiger partial charge in [-0.15, -0.1) is 0 Å². The first-order valence-electron chi connectivity index (χ1n) is 6.53. The maximum atomic E-state index is 12.9. The number of rotatable bonds is 4. The fourth-order valence-electron chi connectivity index (χ4n) is 2.37. The zero-order valence-corrected chi connectivity index (χ0v) is 13.0. The van der Waals surface area contributed by atoms with E-state index in [0.717, 1.165) is 16.7 Å². The Hall–Kier alpha value is -1.16. The Bertz CT molecular complexity index is 581. The lowest BCUT2D eigenvalue weighted by molar-refractivity contribution is -0.142. The standard InChI is InChI=1S/C14H19O5P/c1-5-18-20(16)14-10(3)9(2)6-7-11(14)12(19-20)8-13(15)17-4/h6-7,12H,5,8H2,1-4H3. The molecule has 0 bridgehead atoms. The molecule has 1 aromatic rings. The van der Waals surface area contributed by atoms with Crippen molar-refractivity contribution in [1.29, 1.82) is 0 Å². The number of fused-ring (bicyclic) bond motifs is 1. The van der Waals surface area contributed by atoms with Gasteiger partial charge in [0.1, 0.15) is 6.10 Å². The monoisotopic (exact) mass is 298 g/mol. The molecule has 0 fully saturated rings. The van der Waals surface area contributed by atoms with E-state index in [1.54, 1.807) is 6.92 Å². The summed E-state index contributed by atoms with van der Waals surface area (Å²) >= 11 is 0. The second-order valence-electron chi connectivity index (χ2n) is 4.73.